The Morgan fingerprint density at radius 1 is 1.15 bits per heavy atom. The van der Waals surface area contributed by atoms with E-state index in [-0.39, 0.29) is 25.2 Å². The molecule has 186 valence electrons. The lowest BCUT2D eigenvalue weighted by Crippen LogP contribution is -2.51. The summed E-state index contributed by atoms with van der Waals surface area (Å²) in [5.74, 6) is 2.50. The summed E-state index contributed by atoms with van der Waals surface area (Å²) in [5.41, 5.74) is 0.722. The van der Waals surface area contributed by atoms with Gasteiger partial charge in [-0.1, -0.05) is 0 Å². The van der Waals surface area contributed by atoms with Crippen LogP contribution in [0, 0.1) is 0 Å². The lowest BCUT2D eigenvalue weighted by atomic mass is 10.2. The normalized spacial score (nSPS) is 18.4. The van der Waals surface area contributed by atoms with Gasteiger partial charge in [-0.2, -0.15) is 4.98 Å². The number of nitrogens with zero attached hydrogens (tertiary/aromatic N) is 4. The lowest BCUT2D eigenvalue weighted by Gasteiger charge is -2.36. The first-order chi connectivity index (χ1) is 16.6. The molecule has 3 heterocycles. The standard InChI is InChI=1S/C23H33N5O6/c1-31-19-14-16-17(15-20(19)32-2)25-23(26-21(16)24-5-12-33-13-10-29)28-8-6-27(7-9-28)22(30)18-4-3-11-34-18/h14-15,18,29H,3-13H2,1-2H3,(H,24,25,26). The van der Waals surface area contributed by atoms with Crippen molar-refractivity contribution in [2.75, 3.05) is 83.6 Å². The quantitative estimate of drug-likeness (QED) is 0.480. The smallest absolute Gasteiger partial charge is 0.251 e. The van der Waals surface area contributed by atoms with Gasteiger partial charge in [0.1, 0.15) is 11.9 Å². The Kier molecular flexibility index (Phi) is 8.20. The highest BCUT2D eigenvalue weighted by Crippen LogP contribution is 2.35. The first-order valence-corrected chi connectivity index (χ1v) is 11.7. The van der Waals surface area contributed by atoms with E-state index in [0.29, 0.717) is 69.2 Å². The Labute approximate surface area is 198 Å². The number of aromatic nitrogens is 2. The zero-order valence-corrected chi connectivity index (χ0v) is 19.8. The number of hydrogen-bond donors (Lipinski definition) is 2. The fraction of sp³-hybridized carbons (Fsp3) is 0.609. The van der Waals surface area contributed by atoms with E-state index in [1.54, 1.807) is 14.2 Å². The SMILES string of the molecule is COc1cc2nc(N3CCN(C(=O)C4CCCO4)CC3)nc(NCCOCCO)c2cc1OC. The molecule has 2 fully saturated rings. The number of ether oxygens (including phenoxy) is 4. The molecule has 2 aliphatic heterocycles. The van der Waals surface area contributed by atoms with E-state index in [1.165, 1.54) is 0 Å². The Morgan fingerprint density at radius 3 is 2.59 bits per heavy atom. The van der Waals surface area contributed by atoms with Crippen molar-refractivity contribution in [3.8, 4) is 11.5 Å². The first-order valence-electron chi connectivity index (χ1n) is 11.7. The van der Waals surface area contributed by atoms with E-state index in [2.05, 4.69) is 10.2 Å². The molecule has 11 nitrogen and oxygen atoms in total. The molecule has 0 saturated carbocycles. The molecular weight excluding hydrogens is 442 g/mol. The first kappa shape index (κ1) is 24.2. The summed E-state index contributed by atoms with van der Waals surface area (Å²) in [6, 6.07) is 3.69. The molecule has 2 N–H and O–H groups in total. The maximum atomic E-state index is 12.7. The van der Waals surface area contributed by atoms with Crippen molar-refractivity contribution in [1.82, 2.24) is 14.9 Å². The van der Waals surface area contributed by atoms with E-state index in [1.807, 2.05) is 17.0 Å². The van der Waals surface area contributed by atoms with Gasteiger partial charge in [0, 0.05) is 50.8 Å². The average molecular weight is 476 g/mol. The number of piperazine rings is 1. The van der Waals surface area contributed by atoms with Gasteiger partial charge in [0.15, 0.2) is 11.5 Å². The number of amides is 1. The number of hydrogen-bond acceptors (Lipinski definition) is 10. The van der Waals surface area contributed by atoms with Crippen LogP contribution in [0.2, 0.25) is 0 Å². The Balaban J connectivity index is 1.53. The summed E-state index contributed by atoms with van der Waals surface area (Å²) < 4.78 is 21.9. The van der Waals surface area contributed by atoms with Gasteiger partial charge in [0.05, 0.1) is 39.6 Å². The zero-order chi connectivity index (χ0) is 23.9. The number of benzene rings is 1. The Bertz CT molecular complexity index is 976. The minimum Gasteiger partial charge on any atom is -0.493 e. The summed E-state index contributed by atoms with van der Waals surface area (Å²) in [6.07, 6.45) is 1.45. The third-order valence-electron chi connectivity index (χ3n) is 6.04. The molecule has 2 saturated heterocycles. The van der Waals surface area contributed by atoms with Crippen molar-refractivity contribution >= 4 is 28.6 Å². The third kappa shape index (κ3) is 5.43. The second-order valence-electron chi connectivity index (χ2n) is 8.17. The largest absolute Gasteiger partial charge is 0.493 e. The van der Waals surface area contributed by atoms with Crippen LogP contribution < -0.4 is 19.7 Å². The van der Waals surface area contributed by atoms with Gasteiger partial charge in [-0.3, -0.25) is 4.79 Å². The molecule has 0 radical (unpaired) electrons. The van der Waals surface area contributed by atoms with Crippen molar-refractivity contribution in [3.63, 3.8) is 0 Å². The summed E-state index contributed by atoms with van der Waals surface area (Å²) in [6.45, 7) is 4.36. The molecule has 11 heteroatoms. The molecule has 2 aliphatic rings. The summed E-state index contributed by atoms with van der Waals surface area (Å²) in [7, 11) is 3.18. The van der Waals surface area contributed by atoms with E-state index in [9.17, 15) is 4.79 Å². The average Bonchev–Trinajstić information content (AvgIpc) is 3.42. The summed E-state index contributed by atoms with van der Waals surface area (Å²) in [4.78, 5) is 26.2. The van der Waals surface area contributed by atoms with Gasteiger partial charge in [0.2, 0.25) is 5.95 Å². The number of methoxy groups -OCH3 is 2. The molecule has 0 aliphatic carbocycles. The van der Waals surface area contributed by atoms with Gasteiger partial charge >= 0.3 is 0 Å². The second kappa shape index (κ2) is 11.5. The minimum atomic E-state index is -0.297. The number of carbonyl (C=O) groups excluding carboxylic acids is 1. The van der Waals surface area contributed by atoms with Gasteiger partial charge in [0.25, 0.3) is 5.91 Å². The van der Waals surface area contributed by atoms with Crippen molar-refractivity contribution < 1.29 is 28.8 Å². The number of anilines is 2. The second-order valence-corrected chi connectivity index (χ2v) is 8.17. The lowest BCUT2D eigenvalue weighted by molar-refractivity contribution is -0.141. The van der Waals surface area contributed by atoms with Crippen LogP contribution in [-0.4, -0.2) is 105 Å². The van der Waals surface area contributed by atoms with Crippen LogP contribution in [0.5, 0.6) is 11.5 Å². The molecule has 4 rings (SSSR count). The van der Waals surface area contributed by atoms with Crippen LogP contribution in [0.1, 0.15) is 12.8 Å². The Hall–Kier alpha value is -2.89. The van der Waals surface area contributed by atoms with Crippen LogP contribution in [0.4, 0.5) is 11.8 Å². The van der Waals surface area contributed by atoms with E-state index in [4.69, 9.17) is 34.0 Å². The maximum absolute atomic E-state index is 12.7. The van der Waals surface area contributed by atoms with E-state index in [0.717, 1.165) is 23.7 Å². The van der Waals surface area contributed by atoms with Crippen molar-refractivity contribution in [2.24, 2.45) is 0 Å². The molecule has 1 amide bonds. The predicted octanol–water partition coefficient (Wildman–Crippen LogP) is 0.895. The number of rotatable bonds is 10. The third-order valence-corrected chi connectivity index (χ3v) is 6.04. The van der Waals surface area contributed by atoms with E-state index >= 15 is 0 Å². The summed E-state index contributed by atoms with van der Waals surface area (Å²) >= 11 is 0. The topological polar surface area (TPSA) is 119 Å². The molecule has 1 aromatic heterocycles. The monoisotopic (exact) mass is 475 g/mol. The zero-order valence-electron chi connectivity index (χ0n) is 19.8. The molecular formula is C23H33N5O6. The molecule has 0 spiro atoms. The van der Waals surface area contributed by atoms with Gasteiger partial charge < -0.3 is 39.2 Å². The molecule has 34 heavy (non-hydrogen) atoms. The predicted molar refractivity (Wildman–Crippen MR) is 127 cm³/mol. The van der Waals surface area contributed by atoms with Crippen LogP contribution in [-0.2, 0) is 14.3 Å². The van der Waals surface area contributed by atoms with Crippen molar-refractivity contribution in [3.05, 3.63) is 12.1 Å². The van der Waals surface area contributed by atoms with Gasteiger partial charge in [-0.05, 0) is 18.9 Å². The molecule has 1 unspecified atom stereocenters. The van der Waals surface area contributed by atoms with Crippen molar-refractivity contribution in [1.29, 1.82) is 0 Å². The molecule has 0 bridgehead atoms. The fourth-order valence-corrected chi connectivity index (χ4v) is 4.23. The fourth-order valence-electron chi connectivity index (χ4n) is 4.23. The number of aliphatic hydroxyl groups is 1. The van der Waals surface area contributed by atoms with Crippen LogP contribution in [0.25, 0.3) is 10.9 Å². The summed E-state index contributed by atoms with van der Waals surface area (Å²) in [5, 5.41) is 13.0. The minimum absolute atomic E-state index is 0.0149. The molecule has 1 atom stereocenters. The highest BCUT2D eigenvalue weighted by molar-refractivity contribution is 5.92. The van der Waals surface area contributed by atoms with Gasteiger partial charge in [-0.15, -0.1) is 0 Å². The number of fused-ring (bicyclic) bond motifs is 1. The van der Waals surface area contributed by atoms with Crippen LogP contribution >= 0.6 is 0 Å². The Morgan fingerprint density at radius 2 is 1.91 bits per heavy atom. The highest BCUT2D eigenvalue weighted by atomic mass is 16.5. The highest BCUT2D eigenvalue weighted by Gasteiger charge is 2.31. The number of nitrogens with one attached hydrogen (secondary N) is 1. The molecule has 2 aromatic rings. The molecule has 1 aromatic carbocycles. The van der Waals surface area contributed by atoms with Crippen LogP contribution in [0.15, 0.2) is 12.1 Å². The van der Waals surface area contributed by atoms with Gasteiger partial charge in [-0.25, -0.2) is 4.98 Å². The van der Waals surface area contributed by atoms with E-state index < -0.39 is 0 Å². The number of aliphatic hydroxyl groups excluding tert-OH is 1. The van der Waals surface area contributed by atoms with Crippen molar-refractivity contribution in [2.45, 2.75) is 18.9 Å². The number of carbonyl (C=O) groups is 1. The maximum Gasteiger partial charge on any atom is 0.251 e. The van der Waals surface area contributed by atoms with Crippen LogP contribution in [0.3, 0.4) is 0 Å².